The number of carbonyl (C=O) groups is 7. The molecule has 7 atom stereocenters. The number of rotatable bonds is 11. The molecule has 3 aliphatic rings. The van der Waals surface area contributed by atoms with Crippen LogP contribution in [0.1, 0.15) is 82.1 Å². The van der Waals surface area contributed by atoms with Crippen LogP contribution in [0.5, 0.6) is 5.75 Å². The summed E-state index contributed by atoms with van der Waals surface area (Å²) in [6.07, 6.45) is 4.70. The van der Waals surface area contributed by atoms with Gasteiger partial charge in [-0.15, -0.1) is 17.1 Å². The van der Waals surface area contributed by atoms with Crippen LogP contribution in [0.2, 0.25) is 0 Å². The number of likely N-dealkylation sites (tertiary alicyclic amines) is 1. The number of nitrogens with zero attached hydrogens (tertiary/aromatic N) is 3. The van der Waals surface area contributed by atoms with Gasteiger partial charge in [0.15, 0.2) is 0 Å². The fourth-order valence-corrected chi connectivity index (χ4v) is 9.17. The number of benzene rings is 1. The number of ether oxygens (including phenoxy) is 2. The molecule has 0 saturated carbocycles. The van der Waals surface area contributed by atoms with E-state index in [2.05, 4.69) is 16.0 Å². The van der Waals surface area contributed by atoms with Crippen molar-refractivity contribution in [2.24, 2.45) is 5.92 Å². The molecular formula is C42H54N7NaO13S2. The maximum Gasteiger partial charge on any atom is 1.00 e. The van der Waals surface area contributed by atoms with Crippen LogP contribution in [0.15, 0.2) is 46.9 Å². The first-order valence-electron chi connectivity index (χ1n) is 20.8. The molecule has 0 unspecified atom stereocenters. The van der Waals surface area contributed by atoms with E-state index in [1.54, 1.807) is 49.1 Å². The Bertz CT molecular complexity index is 2270. The van der Waals surface area contributed by atoms with Crippen LogP contribution in [-0.2, 0) is 59.8 Å². The van der Waals surface area contributed by atoms with Crippen molar-refractivity contribution in [2.75, 3.05) is 33.4 Å². The van der Waals surface area contributed by atoms with E-state index in [4.69, 9.17) is 14.5 Å². The summed E-state index contributed by atoms with van der Waals surface area (Å²) in [7, 11) is -3.65. The molecule has 4 heterocycles. The van der Waals surface area contributed by atoms with Crippen molar-refractivity contribution in [1.29, 1.82) is 0 Å². The van der Waals surface area contributed by atoms with Gasteiger partial charge in [0.1, 0.15) is 35.8 Å². The summed E-state index contributed by atoms with van der Waals surface area (Å²) in [4.78, 5) is 104. The van der Waals surface area contributed by atoms with E-state index < -0.39 is 107 Å². The van der Waals surface area contributed by atoms with Crippen molar-refractivity contribution in [3.8, 4) is 5.75 Å². The molecule has 0 aliphatic carbocycles. The van der Waals surface area contributed by atoms with Crippen molar-refractivity contribution in [3.63, 3.8) is 0 Å². The number of Topliss-reactive ketones (excluding diaryl/α,β-unsaturated/α-hetero) is 1. The number of fused-ring (bicyclic) bond motifs is 3. The Kier molecular flexibility index (Phi) is 19.4. The molecule has 1 aromatic heterocycles. The molecule has 0 spiro atoms. The molecule has 5 rings (SSSR count). The molecule has 23 heteroatoms. The molecule has 65 heavy (non-hydrogen) atoms. The number of hydrogen-bond donors (Lipinski definition) is 5. The number of methoxy groups -OCH3 is 1. The summed E-state index contributed by atoms with van der Waals surface area (Å²) < 4.78 is 45.0. The summed E-state index contributed by atoms with van der Waals surface area (Å²) in [6.45, 7) is 5.58. The molecule has 2 bridgehead atoms. The first-order valence-corrected chi connectivity index (χ1v) is 23.2. The zero-order chi connectivity index (χ0) is 46.9. The number of thiazole rings is 1. The van der Waals surface area contributed by atoms with Gasteiger partial charge < -0.3 is 40.3 Å². The molecule has 0 radical (unpaired) electrons. The maximum atomic E-state index is 14.5. The van der Waals surface area contributed by atoms with E-state index in [9.17, 15) is 51.6 Å². The van der Waals surface area contributed by atoms with Crippen molar-refractivity contribution >= 4 is 69.0 Å². The molecule has 5 amide bonds. The summed E-state index contributed by atoms with van der Waals surface area (Å²) in [5.74, 6) is -6.73. The van der Waals surface area contributed by atoms with E-state index in [1.165, 1.54) is 48.5 Å². The van der Waals surface area contributed by atoms with Gasteiger partial charge in [0, 0.05) is 31.2 Å². The van der Waals surface area contributed by atoms with E-state index in [0.717, 1.165) is 4.90 Å². The normalized spacial score (nSPS) is 25.3. The average molecular weight is 952 g/mol. The third kappa shape index (κ3) is 14.2. The van der Waals surface area contributed by atoms with E-state index >= 15 is 0 Å². The number of esters is 1. The summed E-state index contributed by atoms with van der Waals surface area (Å²) in [5.41, 5.74) is 1.85. The van der Waals surface area contributed by atoms with Crippen LogP contribution in [0, 0.1) is 5.92 Å². The fourth-order valence-electron chi connectivity index (χ4n) is 7.81. The summed E-state index contributed by atoms with van der Waals surface area (Å²) in [5, 5.41) is 22.1. The SMILES string of the molecule is CC[C@H](C)[C@@H]1NC(=O)[C@@H]2CCCN2C(=O)[C@@H](NC(=O)[C@@H]2CCCN2C(=O)[C@@H](COC)NS(=O)(=O)O)COC(=O)/C(C)=C\C(C)=C/c2csc(n2)[C@H](Cc2ccc([O-])cc2)NC(=O)C1=O.[Na+]. The molecule has 348 valence electrons. The Morgan fingerprint density at radius 2 is 1.75 bits per heavy atom. The Balaban J connectivity index is 0.00000925. The Morgan fingerprint density at radius 3 is 2.42 bits per heavy atom. The topological polar surface area (TPSA) is 283 Å². The Labute approximate surface area is 403 Å². The van der Waals surface area contributed by atoms with Crippen molar-refractivity contribution in [1.82, 2.24) is 35.5 Å². The van der Waals surface area contributed by atoms with Crippen LogP contribution in [-0.4, -0.2) is 133 Å². The van der Waals surface area contributed by atoms with Gasteiger partial charge in [0.25, 0.3) is 5.91 Å². The fraction of sp³-hybridized carbons (Fsp3) is 0.524. The number of ketones is 1. The summed E-state index contributed by atoms with van der Waals surface area (Å²) >= 11 is 1.22. The number of cyclic esters (lactones) is 1. The van der Waals surface area contributed by atoms with Gasteiger partial charge in [0.2, 0.25) is 29.4 Å². The smallest absolute Gasteiger partial charge is 0.872 e. The monoisotopic (exact) mass is 951 g/mol. The van der Waals surface area contributed by atoms with Gasteiger partial charge in [-0.25, -0.2) is 9.78 Å². The van der Waals surface area contributed by atoms with Crippen LogP contribution in [0.4, 0.5) is 0 Å². The standard InChI is InChI=1S/C42H55N7O13S2.Na/c1-6-24(3)34-35(51)38(54)44-29(19-26-11-13-28(50)14-12-26)39-43-27(22-63-39)18-23(2)17-25(4)42(57)62-21-30(40(55)48-15-8-10-33(48)37(53)46-34)45-36(52)32-9-7-16-49(32)41(56)31(20-61-5)47-64(58,59)60;/h11-14,17-18,22,24,29-34,47,50H,6-10,15-16,19-21H2,1-5H3,(H,44,54)(H,45,52)(H,46,53)(H,58,59,60);/q;+1/p-1/b23-18-,25-17-;/t24-,29-,30-,31+,32-,33-,34-;/m0./s1. The molecule has 20 nitrogen and oxygen atoms in total. The third-order valence-electron chi connectivity index (χ3n) is 11.3. The zero-order valence-electron chi connectivity index (χ0n) is 37.2. The molecule has 5 N–H and O–H groups in total. The van der Waals surface area contributed by atoms with E-state index in [1.807, 2.05) is 0 Å². The van der Waals surface area contributed by atoms with Crippen LogP contribution in [0.25, 0.3) is 6.08 Å². The minimum absolute atomic E-state index is 0. The van der Waals surface area contributed by atoms with Crippen LogP contribution < -0.4 is 55.3 Å². The van der Waals surface area contributed by atoms with Gasteiger partial charge in [0.05, 0.1) is 24.4 Å². The van der Waals surface area contributed by atoms with Crippen molar-refractivity contribution in [3.05, 3.63) is 63.1 Å². The minimum Gasteiger partial charge on any atom is -0.872 e. The van der Waals surface area contributed by atoms with Crippen LogP contribution >= 0.6 is 11.3 Å². The zero-order valence-corrected chi connectivity index (χ0v) is 40.8. The maximum absolute atomic E-state index is 14.5. The second-order valence-electron chi connectivity index (χ2n) is 16.1. The van der Waals surface area contributed by atoms with Crippen molar-refractivity contribution in [2.45, 2.75) is 102 Å². The first-order chi connectivity index (χ1) is 30.3. The third-order valence-corrected chi connectivity index (χ3v) is 12.8. The molecule has 1 aromatic carbocycles. The number of nitrogens with one attached hydrogen (secondary N) is 4. The average Bonchev–Trinajstić information content (AvgIpc) is 4.05. The Hall–Kier alpha value is -4.55. The summed E-state index contributed by atoms with van der Waals surface area (Å²) in [6, 6.07) is -1.66. The quantitative estimate of drug-likeness (QED) is 0.0675. The van der Waals surface area contributed by atoms with Gasteiger partial charge in [-0.1, -0.05) is 44.5 Å². The van der Waals surface area contributed by atoms with Crippen molar-refractivity contribution < 1.29 is 90.7 Å². The number of allylic oxidation sites excluding steroid dienone is 2. The predicted molar refractivity (Wildman–Crippen MR) is 229 cm³/mol. The van der Waals surface area contributed by atoms with Gasteiger partial charge in [-0.05, 0) is 75.2 Å². The molecule has 3 aliphatic heterocycles. The van der Waals surface area contributed by atoms with E-state index in [-0.39, 0.29) is 73.2 Å². The molecular weight excluding hydrogens is 898 g/mol. The van der Waals surface area contributed by atoms with Gasteiger partial charge in [-0.3, -0.25) is 33.3 Å². The molecule has 2 aromatic rings. The Morgan fingerprint density at radius 1 is 1.06 bits per heavy atom. The molecule has 2 fully saturated rings. The van der Waals surface area contributed by atoms with Crippen LogP contribution in [0.3, 0.4) is 0 Å². The second kappa shape index (κ2) is 23.8. The van der Waals surface area contributed by atoms with Gasteiger partial charge in [-0.2, -0.15) is 13.1 Å². The second-order valence-corrected chi connectivity index (χ2v) is 18.2. The number of carbonyl (C=O) groups excluding carboxylic acids is 7. The minimum atomic E-state index is -4.86. The largest absolute Gasteiger partial charge is 1.00 e. The number of amides is 5. The molecule has 2 saturated heterocycles. The number of hydrogen-bond acceptors (Lipinski definition) is 14. The first kappa shape index (κ1) is 53.1. The predicted octanol–water partition coefficient (Wildman–Crippen LogP) is -2.50. The van der Waals surface area contributed by atoms with E-state index in [0.29, 0.717) is 41.1 Å². The number of aromatic nitrogens is 1. The van der Waals surface area contributed by atoms with Gasteiger partial charge >= 0.3 is 45.8 Å².